The van der Waals surface area contributed by atoms with E-state index in [4.69, 9.17) is 0 Å². The van der Waals surface area contributed by atoms with Gasteiger partial charge >= 0.3 is 0 Å². The molecule has 2 rings (SSSR count). The summed E-state index contributed by atoms with van der Waals surface area (Å²) < 4.78 is 0. The zero-order valence-corrected chi connectivity index (χ0v) is 9.41. The highest BCUT2D eigenvalue weighted by molar-refractivity contribution is 5.14. The minimum atomic E-state index is 1.23. The first kappa shape index (κ1) is 10.7. The highest BCUT2D eigenvalue weighted by Crippen LogP contribution is 1.97. The maximum Gasteiger partial charge on any atom is 0.127 e. The second-order valence-corrected chi connectivity index (χ2v) is 4.46. The molecule has 1 aliphatic rings. The predicted octanol–water partition coefficient (Wildman–Crippen LogP) is -0.919. The van der Waals surface area contributed by atoms with E-state index < -0.39 is 0 Å². The summed E-state index contributed by atoms with van der Waals surface area (Å²) in [5.41, 5.74) is 1.48. The summed E-state index contributed by atoms with van der Waals surface area (Å²) >= 11 is 0. The Kier molecular flexibility index (Phi) is 4.18. The largest absolute Gasteiger partial charge is 0.341 e. The Morgan fingerprint density at radius 3 is 2.80 bits per heavy atom. The number of nitrogens with two attached hydrogens (primary N) is 1. The van der Waals surface area contributed by atoms with Gasteiger partial charge in [-0.3, -0.25) is 0 Å². The first-order valence-corrected chi connectivity index (χ1v) is 6.14. The van der Waals surface area contributed by atoms with Gasteiger partial charge in [0.05, 0.1) is 19.6 Å². The lowest BCUT2D eigenvalue weighted by atomic mass is 10.1. The van der Waals surface area contributed by atoms with Crippen LogP contribution in [0.1, 0.15) is 12.0 Å². The van der Waals surface area contributed by atoms with Gasteiger partial charge in [0.1, 0.15) is 13.1 Å². The van der Waals surface area contributed by atoms with Crippen LogP contribution in [0.15, 0.2) is 30.3 Å². The number of hydrogen-bond acceptors (Lipinski definition) is 0. The van der Waals surface area contributed by atoms with Crippen LogP contribution < -0.4 is 10.2 Å². The smallest absolute Gasteiger partial charge is 0.127 e. The van der Waals surface area contributed by atoms with E-state index in [1.54, 1.807) is 4.90 Å². The molecule has 1 saturated heterocycles. The van der Waals surface area contributed by atoms with Crippen LogP contribution in [0.25, 0.3) is 0 Å². The van der Waals surface area contributed by atoms with Crippen LogP contribution in [0.5, 0.6) is 0 Å². The van der Waals surface area contributed by atoms with Crippen LogP contribution in [0.2, 0.25) is 0 Å². The maximum atomic E-state index is 2.45. The minimum absolute atomic E-state index is 1.23. The molecule has 1 unspecified atom stereocenters. The fraction of sp³-hybridized carbons (Fsp3) is 0.538. The van der Waals surface area contributed by atoms with E-state index >= 15 is 0 Å². The van der Waals surface area contributed by atoms with Crippen LogP contribution in [-0.2, 0) is 6.42 Å². The van der Waals surface area contributed by atoms with Crippen molar-refractivity contribution in [3.63, 3.8) is 0 Å². The molecule has 1 heterocycles. The molecule has 2 heteroatoms. The van der Waals surface area contributed by atoms with E-state index in [-0.39, 0.29) is 0 Å². The van der Waals surface area contributed by atoms with Gasteiger partial charge in [-0.05, 0) is 5.56 Å². The van der Waals surface area contributed by atoms with Crippen molar-refractivity contribution in [2.75, 3.05) is 32.7 Å². The molecule has 1 aliphatic heterocycles. The summed E-state index contributed by atoms with van der Waals surface area (Å²) in [4.78, 5) is 1.78. The lowest BCUT2D eigenvalue weighted by Crippen LogP contribution is -3.13. The summed E-state index contributed by atoms with van der Waals surface area (Å²) in [6, 6.07) is 10.9. The molecule has 3 N–H and O–H groups in total. The molecule has 15 heavy (non-hydrogen) atoms. The van der Waals surface area contributed by atoms with Crippen LogP contribution in [-0.4, -0.2) is 32.7 Å². The van der Waals surface area contributed by atoms with E-state index in [2.05, 4.69) is 35.6 Å². The van der Waals surface area contributed by atoms with Crippen molar-refractivity contribution in [3.8, 4) is 0 Å². The zero-order chi connectivity index (χ0) is 10.3. The molecule has 1 fully saturated rings. The van der Waals surface area contributed by atoms with Crippen molar-refractivity contribution < 1.29 is 10.2 Å². The standard InChI is InChI=1S/C13H20N2/c1-2-5-13(6-3-1)7-11-15-10-4-8-14-9-12-15/h1-3,5-6,14H,4,7-12H2/p+2. The number of rotatable bonds is 3. The third-order valence-electron chi connectivity index (χ3n) is 3.25. The predicted molar refractivity (Wildman–Crippen MR) is 62.0 cm³/mol. The Hall–Kier alpha value is -0.860. The van der Waals surface area contributed by atoms with Gasteiger partial charge in [-0.2, -0.15) is 0 Å². The Labute approximate surface area is 92.3 Å². The van der Waals surface area contributed by atoms with Gasteiger partial charge in [0.2, 0.25) is 0 Å². The summed E-state index contributed by atoms with van der Waals surface area (Å²) in [6.07, 6.45) is 2.61. The maximum absolute atomic E-state index is 2.45. The van der Waals surface area contributed by atoms with Crippen molar-refractivity contribution in [1.29, 1.82) is 0 Å². The van der Waals surface area contributed by atoms with Gasteiger partial charge in [0.25, 0.3) is 0 Å². The molecular weight excluding hydrogens is 184 g/mol. The van der Waals surface area contributed by atoms with Crippen LogP contribution in [0, 0.1) is 0 Å². The van der Waals surface area contributed by atoms with Gasteiger partial charge in [-0.15, -0.1) is 0 Å². The van der Waals surface area contributed by atoms with E-state index in [0.717, 1.165) is 0 Å². The quantitative estimate of drug-likeness (QED) is 0.638. The fourth-order valence-corrected chi connectivity index (χ4v) is 2.29. The normalized spacial score (nSPS) is 22.3. The first-order valence-electron chi connectivity index (χ1n) is 6.14. The van der Waals surface area contributed by atoms with Crippen LogP contribution >= 0.6 is 0 Å². The van der Waals surface area contributed by atoms with Gasteiger partial charge in [-0.1, -0.05) is 30.3 Å². The van der Waals surface area contributed by atoms with Gasteiger partial charge in [-0.25, -0.2) is 0 Å². The van der Waals surface area contributed by atoms with E-state index in [0.29, 0.717) is 0 Å². The third kappa shape index (κ3) is 3.65. The average molecular weight is 206 g/mol. The monoisotopic (exact) mass is 206 g/mol. The summed E-state index contributed by atoms with van der Waals surface area (Å²) in [7, 11) is 0. The summed E-state index contributed by atoms with van der Waals surface area (Å²) in [5, 5.41) is 2.45. The third-order valence-corrected chi connectivity index (χ3v) is 3.25. The van der Waals surface area contributed by atoms with Gasteiger partial charge in [0.15, 0.2) is 0 Å². The zero-order valence-electron chi connectivity index (χ0n) is 9.41. The molecule has 0 bridgehead atoms. The summed E-state index contributed by atoms with van der Waals surface area (Å²) in [6.45, 7) is 6.65. The summed E-state index contributed by atoms with van der Waals surface area (Å²) in [5.74, 6) is 0. The number of nitrogens with one attached hydrogen (secondary N) is 1. The highest BCUT2D eigenvalue weighted by Gasteiger charge is 2.12. The highest BCUT2D eigenvalue weighted by atomic mass is 15.1. The van der Waals surface area contributed by atoms with E-state index in [9.17, 15) is 0 Å². The van der Waals surface area contributed by atoms with Crippen molar-refractivity contribution in [2.24, 2.45) is 0 Å². The molecule has 1 aromatic rings. The minimum Gasteiger partial charge on any atom is -0.341 e. The lowest BCUT2D eigenvalue weighted by molar-refractivity contribution is -0.904. The molecule has 1 aromatic carbocycles. The van der Waals surface area contributed by atoms with Gasteiger partial charge in [0, 0.05) is 12.8 Å². The molecule has 0 amide bonds. The first-order chi connectivity index (χ1) is 7.45. The molecule has 2 nitrogen and oxygen atoms in total. The molecule has 0 aliphatic carbocycles. The van der Waals surface area contributed by atoms with Crippen molar-refractivity contribution in [2.45, 2.75) is 12.8 Å². The van der Waals surface area contributed by atoms with Crippen LogP contribution in [0.3, 0.4) is 0 Å². The number of hydrogen-bond donors (Lipinski definition) is 2. The van der Waals surface area contributed by atoms with Crippen molar-refractivity contribution in [1.82, 2.24) is 0 Å². The van der Waals surface area contributed by atoms with E-state index in [1.807, 2.05) is 0 Å². The molecular formula is C13H22N2+2. The molecule has 0 aromatic heterocycles. The van der Waals surface area contributed by atoms with Crippen molar-refractivity contribution >= 4 is 0 Å². The molecule has 0 saturated carbocycles. The Bertz CT molecular complexity index is 263. The second kappa shape index (κ2) is 5.89. The molecule has 0 spiro atoms. The Morgan fingerprint density at radius 2 is 1.93 bits per heavy atom. The number of benzene rings is 1. The molecule has 0 radical (unpaired) electrons. The lowest BCUT2D eigenvalue weighted by Gasteiger charge is -2.15. The Morgan fingerprint density at radius 1 is 1.07 bits per heavy atom. The van der Waals surface area contributed by atoms with Crippen molar-refractivity contribution in [3.05, 3.63) is 35.9 Å². The SMILES string of the molecule is c1ccc(CC[NH+]2CCC[NH2+]CC2)cc1. The molecule has 82 valence electrons. The second-order valence-electron chi connectivity index (χ2n) is 4.46. The average Bonchev–Trinajstić information content (AvgIpc) is 2.56. The van der Waals surface area contributed by atoms with Gasteiger partial charge < -0.3 is 10.2 Å². The fourth-order valence-electron chi connectivity index (χ4n) is 2.29. The number of quaternary nitrogens is 2. The topological polar surface area (TPSA) is 21.1 Å². The van der Waals surface area contributed by atoms with E-state index in [1.165, 1.54) is 51.1 Å². The Balaban J connectivity index is 1.77. The van der Waals surface area contributed by atoms with Crippen LogP contribution in [0.4, 0.5) is 0 Å². The molecule has 1 atom stereocenters.